The second-order valence-electron chi connectivity index (χ2n) is 5.30. The molecule has 0 N–H and O–H groups in total. The van der Waals surface area contributed by atoms with Crippen molar-refractivity contribution in [1.82, 2.24) is 0 Å². The molecule has 1 aliphatic carbocycles. The first kappa shape index (κ1) is 10.4. The van der Waals surface area contributed by atoms with Gasteiger partial charge in [-0.3, -0.25) is 0 Å². The largest absolute Gasteiger partial charge is 0.454 e. The lowest BCUT2D eigenvalue weighted by molar-refractivity contribution is 0.173. The molecule has 0 amide bonds. The van der Waals surface area contributed by atoms with Crippen molar-refractivity contribution in [1.29, 1.82) is 0 Å². The molecule has 2 aromatic carbocycles. The van der Waals surface area contributed by atoms with Gasteiger partial charge >= 0.3 is 0 Å². The highest BCUT2D eigenvalue weighted by Gasteiger charge is 2.24. The summed E-state index contributed by atoms with van der Waals surface area (Å²) in [6, 6.07) is 8.41. The van der Waals surface area contributed by atoms with Crippen molar-refractivity contribution in [2.45, 2.75) is 12.8 Å². The molecule has 0 radical (unpaired) electrons. The van der Waals surface area contributed by atoms with Crippen LogP contribution in [0.4, 0.5) is 0 Å². The second kappa shape index (κ2) is 3.60. The van der Waals surface area contributed by atoms with E-state index in [4.69, 9.17) is 18.9 Å². The molecular weight excluding hydrogens is 256 g/mol. The van der Waals surface area contributed by atoms with Gasteiger partial charge in [-0.15, -0.1) is 0 Å². The van der Waals surface area contributed by atoms with Gasteiger partial charge in [0.05, 0.1) is 0 Å². The van der Waals surface area contributed by atoms with Gasteiger partial charge in [0, 0.05) is 0 Å². The Hall–Kier alpha value is -2.36. The molecule has 2 heterocycles. The van der Waals surface area contributed by atoms with E-state index in [1.165, 1.54) is 22.3 Å². The summed E-state index contributed by atoms with van der Waals surface area (Å²) in [5.74, 6) is 3.42. The van der Waals surface area contributed by atoms with Gasteiger partial charge in [0.2, 0.25) is 13.6 Å². The molecule has 0 spiro atoms. The molecule has 0 saturated heterocycles. The van der Waals surface area contributed by atoms with Gasteiger partial charge in [-0.25, -0.2) is 0 Å². The highest BCUT2D eigenvalue weighted by molar-refractivity contribution is 5.58. The minimum Gasteiger partial charge on any atom is -0.454 e. The van der Waals surface area contributed by atoms with Crippen LogP contribution in [0.25, 0.3) is 0 Å². The molecule has 0 aromatic heterocycles. The fourth-order valence-electron chi connectivity index (χ4n) is 3.12. The maximum atomic E-state index is 5.46. The van der Waals surface area contributed by atoms with E-state index >= 15 is 0 Å². The molecular formula is C16H12O4. The third-order valence-electron chi connectivity index (χ3n) is 4.15. The molecule has 0 unspecified atom stereocenters. The van der Waals surface area contributed by atoms with Crippen LogP contribution < -0.4 is 18.9 Å². The van der Waals surface area contributed by atoms with Gasteiger partial charge in [0.1, 0.15) is 0 Å². The summed E-state index contributed by atoms with van der Waals surface area (Å²) in [6.07, 6.45) is 1.80. The van der Waals surface area contributed by atoms with Gasteiger partial charge < -0.3 is 18.9 Å². The predicted molar refractivity (Wildman–Crippen MR) is 70.7 cm³/mol. The van der Waals surface area contributed by atoms with E-state index in [0.717, 1.165) is 35.8 Å². The van der Waals surface area contributed by atoms with E-state index < -0.39 is 0 Å². The summed E-state index contributed by atoms with van der Waals surface area (Å²) in [6.45, 7) is 0.641. The first-order chi connectivity index (χ1) is 9.87. The van der Waals surface area contributed by atoms with E-state index in [1.807, 2.05) is 0 Å². The topological polar surface area (TPSA) is 36.9 Å². The van der Waals surface area contributed by atoms with E-state index in [2.05, 4.69) is 24.3 Å². The van der Waals surface area contributed by atoms with Gasteiger partial charge in [-0.1, -0.05) is 0 Å². The molecule has 2 aliphatic heterocycles. The van der Waals surface area contributed by atoms with Crippen LogP contribution in [0.1, 0.15) is 22.3 Å². The summed E-state index contributed by atoms with van der Waals surface area (Å²) in [4.78, 5) is 0. The Bertz CT molecular complexity index is 614. The van der Waals surface area contributed by atoms with E-state index in [-0.39, 0.29) is 0 Å². The molecule has 0 atom stereocenters. The monoisotopic (exact) mass is 268 g/mol. The quantitative estimate of drug-likeness (QED) is 0.628. The fraction of sp³-hybridized carbons (Fsp3) is 0.250. The number of ether oxygens (including phenoxy) is 4. The lowest BCUT2D eigenvalue weighted by Gasteiger charge is -2.20. The Morgan fingerprint density at radius 3 is 1.10 bits per heavy atom. The first-order valence-electron chi connectivity index (χ1n) is 6.69. The molecule has 3 aliphatic rings. The zero-order valence-corrected chi connectivity index (χ0v) is 10.8. The SMILES string of the molecule is c1c2c(cc3c1OCO3)Cc1cc3c(cc1C2)OCO3. The molecule has 0 bridgehead atoms. The molecule has 4 heteroatoms. The van der Waals surface area contributed by atoms with Crippen molar-refractivity contribution in [2.75, 3.05) is 13.6 Å². The summed E-state index contributed by atoms with van der Waals surface area (Å²) < 4.78 is 21.8. The zero-order chi connectivity index (χ0) is 13.1. The van der Waals surface area contributed by atoms with Crippen molar-refractivity contribution in [3.8, 4) is 23.0 Å². The smallest absolute Gasteiger partial charge is 0.231 e. The first-order valence-corrected chi connectivity index (χ1v) is 6.69. The van der Waals surface area contributed by atoms with Crippen LogP contribution in [0.15, 0.2) is 24.3 Å². The Labute approximate surface area is 115 Å². The minimum absolute atomic E-state index is 0.321. The molecule has 100 valence electrons. The Balaban J connectivity index is 1.62. The van der Waals surface area contributed by atoms with Crippen molar-refractivity contribution < 1.29 is 18.9 Å². The predicted octanol–water partition coefficient (Wildman–Crippen LogP) is 2.64. The molecule has 5 rings (SSSR count). The number of fused-ring (bicyclic) bond motifs is 4. The summed E-state index contributed by atoms with van der Waals surface area (Å²) >= 11 is 0. The van der Waals surface area contributed by atoms with Crippen molar-refractivity contribution >= 4 is 0 Å². The van der Waals surface area contributed by atoms with Crippen LogP contribution in [0.5, 0.6) is 23.0 Å². The van der Waals surface area contributed by atoms with E-state index in [1.54, 1.807) is 0 Å². The zero-order valence-electron chi connectivity index (χ0n) is 10.8. The van der Waals surface area contributed by atoms with Gasteiger partial charge in [-0.05, 0) is 59.4 Å². The third-order valence-corrected chi connectivity index (χ3v) is 4.15. The van der Waals surface area contributed by atoms with Crippen molar-refractivity contribution in [2.24, 2.45) is 0 Å². The summed E-state index contributed by atoms with van der Waals surface area (Å²) in [5, 5.41) is 0. The minimum atomic E-state index is 0.321. The number of hydrogen-bond donors (Lipinski definition) is 0. The van der Waals surface area contributed by atoms with E-state index in [9.17, 15) is 0 Å². The van der Waals surface area contributed by atoms with Crippen LogP contribution in [0.2, 0.25) is 0 Å². The number of hydrogen-bond acceptors (Lipinski definition) is 4. The Morgan fingerprint density at radius 1 is 0.500 bits per heavy atom. The average molecular weight is 268 g/mol. The van der Waals surface area contributed by atoms with Crippen molar-refractivity contribution in [3.63, 3.8) is 0 Å². The molecule has 0 fully saturated rings. The molecule has 20 heavy (non-hydrogen) atoms. The van der Waals surface area contributed by atoms with Crippen LogP contribution in [-0.2, 0) is 12.8 Å². The number of rotatable bonds is 0. The number of benzene rings is 2. The van der Waals surface area contributed by atoms with Crippen molar-refractivity contribution in [3.05, 3.63) is 46.5 Å². The van der Waals surface area contributed by atoms with Crippen LogP contribution in [0.3, 0.4) is 0 Å². The molecule has 0 saturated carbocycles. The highest BCUT2D eigenvalue weighted by Crippen LogP contribution is 2.42. The lowest BCUT2D eigenvalue weighted by atomic mass is 9.85. The summed E-state index contributed by atoms with van der Waals surface area (Å²) in [7, 11) is 0. The lowest BCUT2D eigenvalue weighted by Crippen LogP contribution is -2.07. The Morgan fingerprint density at radius 2 is 0.800 bits per heavy atom. The normalized spacial score (nSPS) is 16.8. The van der Waals surface area contributed by atoms with Gasteiger partial charge in [0.25, 0.3) is 0 Å². The Kier molecular flexibility index (Phi) is 1.88. The standard InChI is InChI=1S/C16H12O4/c1-9-3-13-15(19-7-17-13)5-11(9)2-12-6-16-14(4-10(1)12)18-8-20-16/h3-6H,1-2,7-8H2. The summed E-state index contributed by atoms with van der Waals surface area (Å²) in [5.41, 5.74) is 5.22. The fourth-order valence-corrected chi connectivity index (χ4v) is 3.12. The second-order valence-corrected chi connectivity index (χ2v) is 5.30. The maximum absolute atomic E-state index is 5.46. The highest BCUT2D eigenvalue weighted by atomic mass is 16.7. The maximum Gasteiger partial charge on any atom is 0.231 e. The third kappa shape index (κ3) is 1.36. The molecule has 2 aromatic rings. The van der Waals surface area contributed by atoms with Gasteiger partial charge in [-0.2, -0.15) is 0 Å². The average Bonchev–Trinajstić information content (AvgIpc) is 3.07. The molecule has 4 nitrogen and oxygen atoms in total. The van der Waals surface area contributed by atoms with Crippen LogP contribution in [0, 0.1) is 0 Å². The van der Waals surface area contributed by atoms with E-state index in [0.29, 0.717) is 13.6 Å². The van der Waals surface area contributed by atoms with Crippen LogP contribution in [-0.4, -0.2) is 13.6 Å². The van der Waals surface area contributed by atoms with Gasteiger partial charge in [0.15, 0.2) is 23.0 Å². The van der Waals surface area contributed by atoms with Crippen LogP contribution >= 0.6 is 0 Å².